The molecule has 9 heteroatoms. The third kappa shape index (κ3) is 11.8. The van der Waals surface area contributed by atoms with Gasteiger partial charge in [0.25, 0.3) is 0 Å². The van der Waals surface area contributed by atoms with Crippen LogP contribution < -0.4 is 15.2 Å². The number of hydrogen-bond acceptors (Lipinski definition) is 8. The topological polar surface area (TPSA) is 142 Å². The minimum absolute atomic E-state index is 0.0154. The van der Waals surface area contributed by atoms with Gasteiger partial charge >= 0.3 is 23.9 Å². The predicted molar refractivity (Wildman–Crippen MR) is 148 cm³/mol. The Morgan fingerprint density at radius 1 is 0.846 bits per heavy atom. The second-order valence-electron chi connectivity index (χ2n) is 10.9. The zero-order valence-electron chi connectivity index (χ0n) is 24.5. The molecule has 3 N–H and O–H groups in total. The lowest BCUT2D eigenvalue weighted by Gasteiger charge is -2.26. The number of rotatable bonds is 17. The maximum Gasteiger partial charge on any atom is 0.321 e. The van der Waals surface area contributed by atoms with Gasteiger partial charge < -0.3 is 25.1 Å². The summed E-state index contributed by atoms with van der Waals surface area (Å²) in [6.45, 7) is 13.2. The second kappa shape index (κ2) is 16.9. The first-order valence-electron chi connectivity index (χ1n) is 14.1. The molecule has 0 saturated heterocycles. The summed E-state index contributed by atoms with van der Waals surface area (Å²) in [6, 6.07) is 3.26. The van der Waals surface area contributed by atoms with Gasteiger partial charge in [-0.2, -0.15) is 0 Å². The fraction of sp³-hybridized carbons (Fsp3) is 0.667. The molecule has 1 rings (SSSR count). The molecular weight excluding hydrogens is 502 g/mol. The van der Waals surface area contributed by atoms with Crippen molar-refractivity contribution >= 4 is 23.9 Å². The van der Waals surface area contributed by atoms with Crippen molar-refractivity contribution in [1.82, 2.24) is 0 Å². The van der Waals surface area contributed by atoms with E-state index >= 15 is 0 Å². The van der Waals surface area contributed by atoms with E-state index in [4.69, 9.17) is 19.9 Å². The van der Waals surface area contributed by atoms with Crippen LogP contribution in [-0.4, -0.2) is 41.1 Å². The number of nitrogens with two attached hydrogens (primary N) is 1. The lowest BCUT2D eigenvalue weighted by molar-refractivity contribution is -0.149. The molecule has 0 aromatic heterocycles. The Morgan fingerprint density at radius 2 is 1.38 bits per heavy atom. The number of carboxylic acids is 1. The van der Waals surface area contributed by atoms with Gasteiger partial charge in [0, 0.05) is 12.3 Å². The van der Waals surface area contributed by atoms with Gasteiger partial charge in [0.2, 0.25) is 0 Å². The van der Waals surface area contributed by atoms with Gasteiger partial charge in [0.15, 0.2) is 11.5 Å². The molecule has 0 bridgehead atoms. The minimum Gasteiger partial charge on any atom is -0.480 e. The SMILES string of the molecule is CCCC(C)C(=O)Oc1ccc(C(CC(C)OC(=O)CCC(C)C)[C@H](N)C(=O)O)cc1OC(=O)C(C)CCC. The second-order valence-corrected chi connectivity index (χ2v) is 10.9. The van der Waals surface area contributed by atoms with Crippen molar-refractivity contribution in [1.29, 1.82) is 0 Å². The van der Waals surface area contributed by atoms with Crippen molar-refractivity contribution in [3.63, 3.8) is 0 Å². The highest BCUT2D eigenvalue weighted by molar-refractivity contribution is 5.79. The molecule has 0 spiro atoms. The number of ether oxygens (including phenoxy) is 3. The quantitative estimate of drug-likeness (QED) is 0.187. The maximum absolute atomic E-state index is 12.8. The number of carboxylic acid groups (broad SMARTS) is 1. The number of carbonyl (C=O) groups is 4. The summed E-state index contributed by atoms with van der Waals surface area (Å²) in [5, 5.41) is 9.70. The fourth-order valence-corrected chi connectivity index (χ4v) is 4.20. The van der Waals surface area contributed by atoms with E-state index < -0.39 is 36.0 Å². The van der Waals surface area contributed by atoms with Crippen LogP contribution in [0.1, 0.15) is 105 Å². The largest absolute Gasteiger partial charge is 0.480 e. The van der Waals surface area contributed by atoms with E-state index in [1.165, 1.54) is 12.1 Å². The number of benzene rings is 1. The number of aliphatic carboxylic acids is 1. The third-order valence-corrected chi connectivity index (χ3v) is 6.63. The molecule has 39 heavy (non-hydrogen) atoms. The summed E-state index contributed by atoms with van der Waals surface area (Å²) in [6.07, 6.45) is 3.33. The van der Waals surface area contributed by atoms with Crippen LogP contribution >= 0.6 is 0 Å². The van der Waals surface area contributed by atoms with Crippen molar-refractivity contribution in [2.75, 3.05) is 0 Å². The van der Waals surface area contributed by atoms with Gasteiger partial charge in [-0.1, -0.05) is 60.5 Å². The summed E-state index contributed by atoms with van der Waals surface area (Å²) in [5.41, 5.74) is 6.53. The van der Waals surface area contributed by atoms with Crippen molar-refractivity contribution in [2.24, 2.45) is 23.5 Å². The van der Waals surface area contributed by atoms with Crippen LogP contribution in [0.5, 0.6) is 11.5 Å². The molecule has 0 radical (unpaired) electrons. The van der Waals surface area contributed by atoms with Gasteiger partial charge in [-0.3, -0.25) is 19.2 Å². The van der Waals surface area contributed by atoms with Crippen molar-refractivity contribution in [3.05, 3.63) is 23.8 Å². The highest BCUT2D eigenvalue weighted by Crippen LogP contribution is 2.35. The molecule has 0 aliphatic rings. The average Bonchev–Trinajstić information content (AvgIpc) is 2.86. The molecular formula is C30H47NO8. The lowest BCUT2D eigenvalue weighted by atomic mass is 9.87. The van der Waals surface area contributed by atoms with Crippen LogP contribution in [0, 0.1) is 17.8 Å². The third-order valence-electron chi connectivity index (χ3n) is 6.63. The molecule has 9 nitrogen and oxygen atoms in total. The Morgan fingerprint density at radius 3 is 1.87 bits per heavy atom. The standard InChI is InChI=1S/C30H47NO8/c1-8-10-19(5)29(35)38-24-14-13-22(17-25(24)39-30(36)20(6)11-9-2)23(27(31)28(33)34)16-21(7)37-26(32)15-12-18(3)4/h13-14,17-21,23,27H,8-12,15-16,31H2,1-7H3,(H,33,34)/t19?,20?,21?,23?,27-/m0/s1. The molecule has 0 aliphatic carbocycles. The van der Waals surface area contributed by atoms with Crippen LogP contribution in [0.4, 0.5) is 0 Å². The Labute approximate surface area is 232 Å². The zero-order valence-corrected chi connectivity index (χ0v) is 24.5. The first-order valence-corrected chi connectivity index (χ1v) is 14.1. The number of hydrogen-bond donors (Lipinski definition) is 2. The van der Waals surface area contributed by atoms with Gasteiger partial charge in [-0.25, -0.2) is 0 Å². The maximum atomic E-state index is 12.8. The van der Waals surface area contributed by atoms with E-state index in [0.717, 1.165) is 12.8 Å². The van der Waals surface area contributed by atoms with Crippen molar-refractivity contribution < 1.29 is 38.5 Å². The zero-order chi connectivity index (χ0) is 29.7. The van der Waals surface area contributed by atoms with Gasteiger partial charge in [0.1, 0.15) is 6.04 Å². The fourth-order valence-electron chi connectivity index (χ4n) is 4.20. The van der Waals surface area contributed by atoms with Gasteiger partial charge in [0.05, 0.1) is 17.9 Å². The summed E-state index contributed by atoms with van der Waals surface area (Å²) < 4.78 is 16.8. The summed E-state index contributed by atoms with van der Waals surface area (Å²) in [7, 11) is 0. The van der Waals surface area contributed by atoms with Crippen LogP contribution in [0.3, 0.4) is 0 Å². The minimum atomic E-state index is -1.32. The Kier molecular flexibility index (Phi) is 14.8. The van der Waals surface area contributed by atoms with E-state index in [9.17, 15) is 24.3 Å². The van der Waals surface area contributed by atoms with Crippen molar-refractivity contribution in [3.8, 4) is 11.5 Å². The number of esters is 3. The number of carbonyl (C=O) groups excluding carboxylic acids is 3. The van der Waals surface area contributed by atoms with Gasteiger partial charge in [-0.05, 0) is 56.2 Å². The summed E-state index contributed by atoms with van der Waals surface area (Å²) >= 11 is 0. The van der Waals surface area contributed by atoms with Crippen LogP contribution in [-0.2, 0) is 23.9 Å². The van der Waals surface area contributed by atoms with Crippen LogP contribution in [0.15, 0.2) is 18.2 Å². The molecule has 220 valence electrons. The smallest absolute Gasteiger partial charge is 0.321 e. The van der Waals surface area contributed by atoms with Crippen LogP contribution in [0.25, 0.3) is 0 Å². The van der Waals surface area contributed by atoms with E-state index in [0.29, 0.717) is 30.7 Å². The highest BCUT2D eigenvalue weighted by atomic mass is 16.6. The Hall–Kier alpha value is -2.94. The molecule has 0 aliphatic heterocycles. The molecule has 4 unspecified atom stereocenters. The average molecular weight is 550 g/mol. The summed E-state index contributed by atoms with van der Waals surface area (Å²) in [5.74, 6) is -3.60. The Balaban J connectivity index is 3.34. The molecule has 0 amide bonds. The molecule has 0 saturated carbocycles. The molecule has 0 heterocycles. The molecule has 0 fully saturated rings. The molecule has 1 aromatic rings. The predicted octanol–water partition coefficient (Wildman–Crippen LogP) is 5.62. The van der Waals surface area contributed by atoms with E-state index in [2.05, 4.69) is 0 Å². The van der Waals surface area contributed by atoms with Crippen LogP contribution in [0.2, 0.25) is 0 Å². The Bertz CT molecular complexity index is 960. The van der Waals surface area contributed by atoms with Crippen molar-refractivity contribution in [2.45, 2.75) is 111 Å². The highest BCUT2D eigenvalue weighted by Gasteiger charge is 2.30. The van der Waals surface area contributed by atoms with Gasteiger partial charge in [-0.15, -0.1) is 0 Å². The van der Waals surface area contributed by atoms with E-state index in [-0.39, 0.29) is 42.1 Å². The molecule has 1 aromatic carbocycles. The van der Waals surface area contributed by atoms with E-state index in [1.807, 2.05) is 27.7 Å². The summed E-state index contributed by atoms with van der Waals surface area (Å²) in [4.78, 5) is 49.5. The molecule has 5 atom stereocenters. The van der Waals surface area contributed by atoms with E-state index in [1.54, 1.807) is 26.8 Å². The first-order chi connectivity index (χ1) is 18.3. The lowest BCUT2D eigenvalue weighted by Crippen LogP contribution is -2.38. The normalized spacial score (nSPS) is 15.1. The first kappa shape index (κ1) is 34.1. The monoisotopic (exact) mass is 549 g/mol.